The monoisotopic (exact) mass is 419 g/mol. The van der Waals surface area contributed by atoms with Crippen molar-refractivity contribution in [3.05, 3.63) is 46.7 Å². The lowest BCUT2D eigenvalue weighted by molar-refractivity contribution is -0.149. The third kappa shape index (κ3) is 7.61. The van der Waals surface area contributed by atoms with Gasteiger partial charge in [-0.2, -0.15) is 0 Å². The molecule has 0 fully saturated rings. The van der Waals surface area contributed by atoms with Gasteiger partial charge in [0.05, 0.1) is 11.5 Å². The zero-order valence-corrected chi connectivity index (χ0v) is 17.8. The van der Waals surface area contributed by atoms with Gasteiger partial charge >= 0.3 is 5.97 Å². The van der Waals surface area contributed by atoms with Gasteiger partial charge in [0.2, 0.25) is 5.91 Å². The number of aryl methyl sites for hydroxylation is 3. The number of carbonyl (C=O) groups is 3. The molecule has 2 amide bonds. The molecule has 29 heavy (non-hydrogen) atoms. The Morgan fingerprint density at radius 1 is 1.17 bits per heavy atom. The number of ether oxygens (including phenoxy) is 1. The van der Waals surface area contributed by atoms with Crippen molar-refractivity contribution in [2.45, 2.75) is 27.3 Å². The van der Waals surface area contributed by atoms with E-state index in [-0.39, 0.29) is 29.9 Å². The number of aromatic nitrogens is 1. The predicted octanol–water partition coefficient (Wildman–Crippen LogP) is 2.47. The van der Waals surface area contributed by atoms with Crippen LogP contribution in [0.25, 0.3) is 0 Å². The molecule has 1 aromatic heterocycles. The second kappa shape index (κ2) is 10.7. The minimum atomic E-state index is -0.548. The summed E-state index contributed by atoms with van der Waals surface area (Å²) in [5.41, 5.74) is 3.32. The standard InChI is InChI=1S/C20H25N3O5S/c1-13-5-6-16(14(2)7-13)9-23(4)19(25)10-27-20(26)12-29-11-18(24)21-17-8-15(3)28-22-17/h5-8H,9-12H2,1-4H3,(H,21,22,24). The predicted molar refractivity (Wildman–Crippen MR) is 111 cm³/mol. The van der Waals surface area contributed by atoms with Gasteiger partial charge in [-0.1, -0.05) is 28.9 Å². The summed E-state index contributed by atoms with van der Waals surface area (Å²) in [5, 5.41) is 6.21. The van der Waals surface area contributed by atoms with E-state index < -0.39 is 5.97 Å². The van der Waals surface area contributed by atoms with Crippen LogP contribution in [-0.4, -0.2) is 53.0 Å². The molecule has 156 valence electrons. The van der Waals surface area contributed by atoms with Crippen molar-refractivity contribution in [2.75, 3.05) is 30.5 Å². The quantitative estimate of drug-likeness (QED) is 0.623. The fourth-order valence-corrected chi connectivity index (χ4v) is 3.10. The molecule has 0 atom stereocenters. The smallest absolute Gasteiger partial charge is 0.316 e. The largest absolute Gasteiger partial charge is 0.455 e. The maximum absolute atomic E-state index is 12.2. The van der Waals surface area contributed by atoms with Crippen LogP contribution in [0.3, 0.4) is 0 Å². The Morgan fingerprint density at radius 2 is 1.93 bits per heavy atom. The summed E-state index contributed by atoms with van der Waals surface area (Å²) in [7, 11) is 1.67. The molecule has 0 saturated heterocycles. The number of thioether (sulfide) groups is 1. The maximum atomic E-state index is 12.2. The van der Waals surface area contributed by atoms with Gasteiger partial charge in [-0.25, -0.2) is 0 Å². The second-order valence-corrected chi connectivity index (χ2v) is 7.69. The maximum Gasteiger partial charge on any atom is 0.316 e. The zero-order valence-electron chi connectivity index (χ0n) is 17.0. The van der Waals surface area contributed by atoms with E-state index in [0.29, 0.717) is 18.1 Å². The first-order chi connectivity index (χ1) is 13.7. The number of carbonyl (C=O) groups excluding carboxylic acids is 3. The molecule has 2 rings (SSSR count). The molecule has 0 aliphatic heterocycles. The van der Waals surface area contributed by atoms with Crippen LogP contribution < -0.4 is 5.32 Å². The SMILES string of the molecule is Cc1ccc(CN(C)C(=O)COC(=O)CSCC(=O)Nc2cc(C)on2)c(C)c1. The normalized spacial score (nSPS) is 10.5. The highest BCUT2D eigenvalue weighted by atomic mass is 32.2. The summed E-state index contributed by atoms with van der Waals surface area (Å²) in [5.74, 6) is -0.200. The first kappa shape index (κ1) is 22.5. The van der Waals surface area contributed by atoms with Gasteiger partial charge in [0.1, 0.15) is 5.76 Å². The number of amides is 2. The number of esters is 1. The first-order valence-electron chi connectivity index (χ1n) is 9.01. The average Bonchev–Trinajstić information content (AvgIpc) is 3.06. The van der Waals surface area contributed by atoms with Crippen LogP contribution >= 0.6 is 11.8 Å². The third-order valence-electron chi connectivity index (χ3n) is 4.04. The lowest BCUT2D eigenvalue weighted by Gasteiger charge is -2.18. The number of nitrogens with one attached hydrogen (secondary N) is 1. The fraction of sp³-hybridized carbons (Fsp3) is 0.400. The van der Waals surface area contributed by atoms with Gasteiger partial charge in [0, 0.05) is 19.7 Å². The number of benzene rings is 1. The number of hydrogen-bond donors (Lipinski definition) is 1. The molecule has 2 aromatic rings. The number of anilines is 1. The van der Waals surface area contributed by atoms with E-state index in [2.05, 4.69) is 16.5 Å². The van der Waals surface area contributed by atoms with E-state index >= 15 is 0 Å². The molecule has 9 heteroatoms. The van der Waals surface area contributed by atoms with Gasteiger partial charge in [-0.3, -0.25) is 14.4 Å². The van der Waals surface area contributed by atoms with E-state index in [1.165, 1.54) is 4.90 Å². The van der Waals surface area contributed by atoms with E-state index in [4.69, 9.17) is 9.26 Å². The Labute approximate surface area is 173 Å². The van der Waals surface area contributed by atoms with Crippen LogP contribution in [-0.2, 0) is 25.7 Å². The lowest BCUT2D eigenvalue weighted by atomic mass is 10.1. The van der Waals surface area contributed by atoms with Crippen LogP contribution in [0.4, 0.5) is 5.82 Å². The number of likely N-dealkylation sites (N-methyl/N-ethyl adjacent to an activating group) is 1. The summed E-state index contributed by atoms with van der Waals surface area (Å²) in [6.45, 7) is 5.85. The molecule has 0 unspecified atom stereocenters. The molecule has 1 aromatic carbocycles. The molecular formula is C20H25N3O5S. The van der Waals surface area contributed by atoms with Crippen LogP contribution in [0.5, 0.6) is 0 Å². The highest BCUT2D eigenvalue weighted by Crippen LogP contribution is 2.13. The Kier molecular flexibility index (Phi) is 8.26. The minimum Gasteiger partial charge on any atom is -0.455 e. The summed E-state index contributed by atoms with van der Waals surface area (Å²) in [4.78, 5) is 37.2. The van der Waals surface area contributed by atoms with Crippen molar-refractivity contribution in [3.63, 3.8) is 0 Å². The van der Waals surface area contributed by atoms with Crippen molar-refractivity contribution in [1.82, 2.24) is 10.1 Å². The van der Waals surface area contributed by atoms with Crippen molar-refractivity contribution in [2.24, 2.45) is 0 Å². The Morgan fingerprint density at radius 3 is 2.59 bits per heavy atom. The second-order valence-electron chi connectivity index (χ2n) is 6.70. The summed E-state index contributed by atoms with van der Waals surface area (Å²) >= 11 is 1.09. The summed E-state index contributed by atoms with van der Waals surface area (Å²) in [6, 6.07) is 7.64. The van der Waals surface area contributed by atoms with Crippen molar-refractivity contribution < 1.29 is 23.6 Å². The van der Waals surface area contributed by atoms with Gasteiger partial charge in [-0.15, -0.1) is 11.8 Å². The van der Waals surface area contributed by atoms with E-state index in [9.17, 15) is 14.4 Å². The Bertz CT molecular complexity index is 881. The topological polar surface area (TPSA) is 102 Å². The Hall–Kier alpha value is -2.81. The molecular weight excluding hydrogens is 394 g/mol. The van der Waals surface area contributed by atoms with E-state index in [0.717, 1.165) is 28.5 Å². The molecule has 0 bridgehead atoms. The molecule has 1 heterocycles. The molecule has 0 spiro atoms. The van der Waals surface area contributed by atoms with Crippen LogP contribution in [0.1, 0.15) is 22.5 Å². The Balaban J connectivity index is 1.65. The summed E-state index contributed by atoms with van der Waals surface area (Å²) in [6.07, 6.45) is 0. The number of rotatable bonds is 9. The molecule has 1 N–H and O–H groups in total. The third-order valence-corrected chi connectivity index (χ3v) is 4.94. The number of hydrogen-bond acceptors (Lipinski definition) is 7. The van der Waals surface area contributed by atoms with Gasteiger partial charge in [0.25, 0.3) is 5.91 Å². The fourth-order valence-electron chi connectivity index (χ4n) is 2.49. The zero-order chi connectivity index (χ0) is 21.4. The first-order valence-corrected chi connectivity index (χ1v) is 10.2. The van der Waals surface area contributed by atoms with Crippen molar-refractivity contribution >= 4 is 35.4 Å². The molecule has 0 radical (unpaired) electrons. The lowest BCUT2D eigenvalue weighted by Crippen LogP contribution is -2.31. The van der Waals surface area contributed by atoms with Gasteiger partial charge in [-0.05, 0) is 31.9 Å². The highest BCUT2D eigenvalue weighted by Gasteiger charge is 2.14. The van der Waals surface area contributed by atoms with Crippen molar-refractivity contribution in [3.8, 4) is 0 Å². The molecule has 0 saturated carbocycles. The van der Waals surface area contributed by atoms with Gasteiger partial charge in [0.15, 0.2) is 12.4 Å². The van der Waals surface area contributed by atoms with E-state index in [1.807, 2.05) is 26.0 Å². The van der Waals surface area contributed by atoms with Crippen LogP contribution in [0.2, 0.25) is 0 Å². The minimum absolute atomic E-state index is 0.0284. The molecule has 8 nitrogen and oxygen atoms in total. The highest BCUT2D eigenvalue weighted by molar-refractivity contribution is 8.00. The van der Waals surface area contributed by atoms with Crippen LogP contribution in [0, 0.1) is 20.8 Å². The summed E-state index contributed by atoms with van der Waals surface area (Å²) < 4.78 is 9.85. The van der Waals surface area contributed by atoms with E-state index in [1.54, 1.807) is 20.0 Å². The van der Waals surface area contributed by atoms with Gasteiger partial charge < -0.3 is 19.5 Å². The number of nitrogens with zero attached hydrogens (tertiary/aromatic N) is 2. The molecule has 0 aliphatic rings. The van der Waals surface area contributed by atoms with Crippen molar-refractivity contribution in [1.29, 1.82) is 0 Å². The van der Waals surface area contributed by atoms with Crippen LogP contribution in [0.15, 0.2) is 28.8 Å². The average molecular weight is 420 g/mol. The molecule has 0 aliphatic carbocycles.